The van der Waals surface area contributed by atoms with Gasteiger partial charge in [0, 0.05) is 42.9 Å². The van der Waals surface area contributed by atoms with Crippen molar-refractivity contribution in [1.82, 2.24) is 19.7 Å². The number of nitrogens with zero attached hydrogens (tertiary/aromatic N) is 4. The molecule has 3 heterocycles. The summed E-state index contributed by atoms with van der Waals surface area (Å²) in [5.74, 6) is -0.151. The van der Waals surface area contributed by atoms with E-state index in [0.29, 0.717) is 12.2 Å². The number of nitrogens with two attached hydrogens (primary N) is 2. The number of amides is 1. The summed E-state index contributed by atoms with van der Waals surface area (Å²) in [5, 5.41) is 11.0. The van der Waals surface area contributed by atoms with Crippen LogP contribution in [0, 0.1) is 5.95 Å². The average molecular weight is 424 g/mol. The zero-order valence-corrected chi connectivity index (χ0v) is 17.0. The van der Waals surface area contributed by atoms with Crippen molar-refractivity contribution in [3.63, 3.8) is 0 Å². The standard InChI is InChI=1S/C21H25FN8O/c22-17-11-15(6-10-25-17)28-20-16(19(24)31)12-30(29-20)21(13-23)7-4-14(5-8-21)27-18-3-1-2-9-26-18/h1-3,6,9-12,14H,4-5,7-8,13,23H2,(H2,24,31)(H,26,27)(H,25,28,29). The summed E-state index contributed by atoms with van der Waals surface area (Å²) in [7, 11) is 0. The topological polar surface area (TPSA) is 137 Å². The Labute approximate surface area is 179 Å². The van der Waals surface area contributed by atoms with Crippen LogP contribution in [0.4, 0.5) is 21.7 Å². The van der Waals surface area contributed by atoms with Crippen molar-refractivity contribution in [2.45, 2.75) is 37.3 Å². The van der Waals surface area contributed by atoms with Crippen LogP contribution in [0.3, 0.4) is 0 Å². The maximum absolute atomic E-state index is 13.4. The summed E-state index contributed by atoms with van der Waals surface area (Å²) >= 11 is 0. The monoisotopic (exact) mass is 424 g/mol. The normalized spacial score (nSPS) is 20.9. The number of rotatable bonds is 7. The Morgan fingerprint density at radius 3 is 2.68 bits per heavy atom. The van der Waals surface area contributed by atoms with Crippen LogP contribution in [0.2, 0.25) is 0 Å². The number of carbonyl (C=O) groups is 1. The minimum absolute atomic E-state index is 0.221. The maximum Gasteiger partial charge on any atom is 0.254 e. The van der Waals surface area contributed by atoms with Crippen LogP contribution in [0.25, 0.3) is 0 Å². The van der Waals surface area contributed by atoms with Crippen molar-refractivity contribution in [1.29, 1.82) is 0 Å². The summed E-state index contributed by atoms with van der Waals surface area (Å²) in [4.78, 5) is 19.9. The first kappa shape index (κ1) is 20.7. The molecule has 10 heteroatoms. The quantitative estimate of drug-likeness (QED) is 0.427. The number of primary amides is 1. The molecule has 1 fully saturated rings. The summed E-state index contributed by atoms with van der Waals surface area (Å²) in [6, 6.07) is 8.85. The van der Waals surface area contributed by atoms with Gasteiger partial charge < -0.3 is 22.1 Å². The molecule has 0 radical (unpaired) electrons. The van der Waals surface area contributed by atoms with E-state index >= 15 is 0 Å². The Bertz CT molecular complexity index is 1050. The van der Waals surface area contributed by atoms with Crippen molar-refractivity contribution in [2.24, 2.45) is 11.5 Å². The second-order valence-corrected chi connectivity index (χ2v) is 7.75. The summed E-state index contributed by atoms with van der Waals surface area (Å²) in [6.45, 7) is 0.368. The van der Waals surface area contributed by atoms with E-state index in [2.05, 4.69) is 25.7 Å². The first-order chi connectivity index (χ1) is 15.0. The zero-order valence-electron chi connectivity index (χ0n) is 17.0. The molecule has 3 aromatic heterocycles. The van der Waals surface area contributed by atoms with E-state index in [1.807, 2.05) is 18.2 Å². The third-order valence-corrected chi connectivity index (χ3v) is 5.77. The lowest BCUT2D eigenvalue weighted by Crippen LogP contribution is -2.46. The molecule has 1 saturated carbocycles. The minimum Gasteiger partial charge on any atom is -0.367 e. The summed E-state index contributed by atoms with van der Waals surface area (Å²) in [5.41, 5.74) is 12.0. The van der Waals surface area contributed by atoms with E-state index < -0.39 is 17.4 Å². The second-order valence-electron chi connectivity index (χ2n) is 7.75. The fourth-order valence-corrected chi connectivity index (χ4v) is 3.99. The highest BCUT2D eigenvalue weighted by Crippen LogP contribution is 2.36. The smallest absolute Gasteiger partial charge is 0.254 e. The van der Waals surface area contributed by atoms with Crippen LogP contribution < -0.4 is 22.1 Å². The predicted molar refractivity (Wildman–Crippen MR) is 115 cm³/mol. The Balaban J connectivity index is 1.54. The maximum atomic E-state index is 13.4. The molecule has 1 amide bonds. The van der Waals surface area contributed by atoms with Crippen molar-refractivity contribution in [3.05, 3.63) is 60.4 Å². The van der Waals surface area contributed by atoms with E-state index in [0.717, 1.165) is 31.5 Å². The number of hydrogen-bond donors (Lipinski definition) is 4. The molecule has 1 aliphatic rings. The molecule has 0 bridgehead atoms. The van der Waals surface area contributed by atoms with Gasteiger partial charge in [0.05, 0.1) is 5.54 Å². The highest BCUT2D eigenvalue weighted by atomic mass is 19.1. The number of aromatic nitrogens is 4. The molecule has 9 nitrogen and oxygen atoms in total. The van der Waals surface area contributed by atoms with Crippen molar-refractivity contribution in [3.8, 4) is 0 Å². The van der Waals surface area contributed by atoms with Crippen molar-refractivity contribution < 1.29 is 9.18 Å². The van der Waals surface area contributed by atoms with Gasteiger partial charge in [0.25, 0.3) is 5.91 Å². The number of halogens is 1. The van der Waals surface area contributed by atoms with Crippen molar-refractivity contribution >= 4 is 23.2 Å². The number of hydrogen-bond acceptors (Lipinski definition) is 7. The Morgan fingerprint density at radius 1 is 1.23 bits per heavy atom. The zero-order chi connectivity index (χ0) is 21.8. The molecule has 3 aromatic rings. The molecule has 162 valence electrons. The molecule has 1 aliphatic carbocycles. The molecule has 0 aliphatic heterocycles. The number of pyridine rings is 2. The highest BCUT2D eigenvalue weighted by molar-refractivity contribution is 5.98. The van der Waals surface area contributed by atoms with E-state index in [1.54, 1.807) is 23.1 Å². The van der Waals surface area contributed by atoms with Gasteiger partial charge in [0.1, 0.15) is 11.4 Å². The Kier molecular flexibility index (Phi) is 5.81. The molecule has 6 N–H and O–H groups in total. The van der Waals surface area contributed by atoms with Crippen LogP contribution in [-0.4, -0.2) is 38.2 Å². The average Bonchev–Trinajstić information content (AvgIpc) is 3.20. The van der Waals surface area contributed by atoms with Gasteiger partial charge in [-0.2, -0.15) is 9.49 Å². The number of carbonyl (C=O) groups excluding carboxylic acids is 1. The van der Waals surface area contributed by atoms with Crippen LogP contribution >= 0.6 is 0 Å². The van der Waals surface area contributed by atoms with Gasteiger partial charge in [-0.15, -0.1) is 0 Å². The lowest BCUT2D eigenvalue weighted by Gasteiger charge is -2.40. The molecule has 0 saturated heterocycles. The molecular weight excluding hydrogens is 399 g/mol. The molecule has 0 aromatic carbocycles. The largest absolute Gasteiger partial charge is 0.367 e. The lowest BCUT2D eigenvalue weighted by molar-refractivity contribution is 0.100. The van der Waals surface area contributed by atoms with E-state index in [9.17, 15) is 9.18 Å². The molecule has 0 atom stereocenters. The fourth-order valence-electron chi connectivity index (χ4n) is 3.99. The van der Waals surface area contributed by atoms with E-state index in [1.165, 1.54) is 12.3 Å². The van der Waals surface area contributed by atoms with Crippen molar-refractivity contribution in [2.75, 3.05) is 17.2 Å². The molecular formula is C21H25FN8O. The molecule has 31 heavy (non-hydrogen) atoms. The Morgan fingerprint density at radius 2 is 2.03 bits per heavy atom. The van der Waals surface area contributed by atoms with Gasteiger partial charge in [-0.1, -0.05) is 6.07 Å². The SMILES string of the molecule is NCC1(n2cc(C(N)=O)c(Nc3ccnc(F)c3)n2)CCC(Nc2ccccn2)CC1. The first-order valence-electron chi connectivity index (χ1n) is 10.2. The van der Waals surface area contributed by atoms with Gasteiger partial charge in [-0.25, -0.2) is 9.97 Å². The van der Waals surface area contributed by atoms with Gasteiger partial charge in [-0.3, -0.25) is 9.48 Å². The number of nitrogens with one attached hydrogen (secondary N) is 2. The van der Waals surface area contributed by atoms with Crippen LogP contribution in [0.5, 0.6) is 0 Å². The van der Waals surface area contributed by atoms with Crippen LogP contribution in [-0.2, 0) is 5.54 Å². The second kappa shape index (κ2) is 8.68. The van der Waals surface area contributed by atoms with Gasteiger partial charge in [0.2, 0.25) is 5.95 Å². The third kappa shape index (κ3) is 4.48. The fraction of sp³-hybridized carbons (Fsp3) is 0.333. The minimum atomic E-state index is -0.637. The van der Waals surface area contributed by atoms with Crippen LogP contribution in [0.15, 0.2) is 48.9 Å². The molecule has 0 spiro atoms. The van der Waals surface area contributed by atoms with Crippen LogP contribution in [0.1, 0.15) is 36.0 Å². The summed E-state index contributed by atoms with van der Waals surface area (Å²) < 4.78 is 15.2. The Hall–Kier alpha value is -3.53. The van der Waals surface area contributed by atoms with E-state index in [4.69, 9.17) is 11.5 Å². The highest BCUT2D eigenvalue weighted by Gasteiger charge is 2.37. The first-order valence-corrected chi connectivity index (χ1v) is 10.2. The van der Waals surface area contributed by atoms with Gasteiger partial charge in [0.15, 0.2) is 5.82 Å². The predicted octanol–water partition coefficient (Wildman–Crippen LogP) is 2.36. The van der Waals surface area contributed by atoms with E-state index in [-0.39, 0.29) is 17.4 Å². The molecule has 4 rings (SSSR count). The van der Waals surface area contributed by atoms with Gasteiger partial charge >= 0.3 is 0 Å². The number of anilines is 3. The molecule has 0 unspecified atom stereocenters. The lowest BCUT2D eigenvalue weighted by atomic mass is 9.79. The summed E-state index contributed by atoms with van der Waals surface area (Å²) in [6.07, 6.45) is 8.01. The third-order valence-electron chi connectivity index (χ3n) is 5.77. The van der Waals surface area contributed by atoms with Gasteiger partial charge in [-0.05, 0) is 43.9 Å².